The Kier molecular flexibility index (Phi) is 4.61. The normalized spacial score (nSPS) is 20.6. The number of aliphatic hydroxyl groups is 1. The van der Waals surface area contributed by atoms with Crippen molar-refractivity contribution < 1.29 is 14.7 Å². The zero-order valence-electron chi connectivity index (χ0n) is 10.8. The maximum Gasteiger partial charge on any atom is 0.223 e. The molecule has 19 heavy (non-hydrogen) atoms. The highest BCUT2D eigenvalue weighted by molar-refractivity contribution is 8.14. The highest BCUT2D eigenvalue weighted by atomic mass is 32.2. The maximum atomic E-state index is 11.8. The number of hydrogen-bond acceptors (Lipinski definition) is 4. The second-order valence-corrected chi connectivity index (χ2v) is 6.14. The first kappa shape index (κ1) is 14.1. The van der Waals surface area contributed by atoms with Crippen LogP contribution in [0.25, 0.3) is 0 Å². The Balaban J connectivity index is 1.93. The maximum absolute atomic E-state index is 11.8. The average Bonchev–Trinajstić information content (AvgIpc) is 2.69. The van der Waals surface area contributed by atoms with Gasteiger partial charge in [0.15, 0.2) is 5.12 Å². The smallest absolute Gasteiger partial charge is 0.223 e. The summed E-state index contributed by atoms with van der Waals surface area (Å²) in [6.45, 7) is 2.33. The van der Waals surface area contributed by atoms with Crippen molar-refractivity contribution in [3.8, 4) is 0 Å². The van der Waals surface area contributed by atoms with Crippen LogP contribution in [-0.4, -0.2) is 39.4 Å². The zero-order chi connectivity index (χ0) is 13.8. The molecule has 2 atom stereocenters. The number of benzene rings is 1. The van der Waals surface area contributed by atoms with Crippen molar-refractivity contribution in [3.05, 3.63) is 35.9 Å². The van der Waals surface area contributed by atoms with Crippen molar-refractivity contribution in [2.24, 2.45) is 0 Å². The first-order chi connectivity index (χ1) is 9.06. The van der Waals surface area contributed by atoms with Gasteiger partial charge in [-0.1, -0.05) is 42.1 Å². The molecule has 1 amide bonds. The third-order valence-corrected chi connectivity index (χ3v) is 4.07. The molecule has 5 heteroatoms. The van der Waals surface area contributed by atoms with E-state index >= 15 is 0 Å². The number of aliphatic hydroxyl groups excluding tert-OH is 1. The van der Waals surface area contributed by atoms with E-state index in [1.807, 2.05) is 30.3 Å². The van der Waals surface area contributed by atoms with Crippen LogP contribution in [0, 0.1) is 0 Å². The summed E-state index contributed by atoms with van der Waals surface area (Å²) in [6.07, 6.45) is -0.294. The molecule has 1 aromatic carbocycles. The number of carbonyl (C=O) groups is 2. The molecular formula is C14H17NO3S. The van der Waals surface area contributed by atoms with Gasteiger partial charge in [-0.05, 0) is 5.56 Å². The van der Waals surface area contributed by atoms with Gasteiger partial charge in [0.25, 0.3) is 0 Å². The highest BCUT2D eigenvalue weighted by Crippen LogP contribution is 2.26. The molecule has 1 aliphatic rings. The predicted octanol–water partition coefficient (Wildman–Crippen LogP) is 1.60. The molecule has 1 heterocycles. The topological polar surface area (TPSA) is 57.6 Å². The van der Waals surface area contributed by atoms with Crippen LogP contribution in [0.5, 0.6) is 0 Å². The number of hydrogen-bond donors (Lipinski definition) is 1. The molecule has 1 aliphatic heterocycles. The number of β-amino-alcohol motifs (C(OH)–C–C–N with tert-alkyl or cyclic N) is 1. The molecule has 0 spiro atoms. The van der Waals surface area contributed by atoms with Crippen LogP contribution < -0.4 is 0 Å². The van der Waals surface area contributed by atoms with Crippen LogP contribution in [0.4, 0.5) is 0 Å². The summed E-state index contributed by atoms with van der Waals surface area (Å²) in [6, 6.07) is 9.29. The van der Waals surface area contributed by atoms with Gasteiger partial charge < -0.3 is 10.0 Å². The molecule has 102 valence electrons. The third kappa shape index (κ3) is 3.81. The van der Waals surface area contributed by atoms with E-state index in [0.717, 1.165) is 5.56 Å². The minimum Gasteiger partial charge on any atom is -0.387 e. The average molecular weight is 279 g/mol. The molecule has 0 radical (unpaired) electrons. The molecular weight excluding hydrogens is 262 g/mol. The fraction of sp³-hybridized carbons (Fsp3) is 0.429. The summed E-state index contributed by atoms with van der Waals surface area (Å²) in [5, 5.41) is 10.2. The molecule has 0 aliphatic carbocycles. The van der Waals surface area contributed by atoms with Crippen molar-refractivity contribution in [2.45, 2.75) is 24.7 Å². The second-order valence-electron chi connectivity index (χ2n) is 4.66. The summed E-state index contributed by atoms with van der Waals surface area (Å²) in [4.78, 5) is 24.5. The van der Waals surface area contributed by atoms with E-state index in [2.05, 4.69) is 0 Å². The molecule has 0 aromatic heterocycles. The van der Waals surface area contributed by atoms with Gasteiger partial charge in [-0.3, -0.25) is 9.59 Å². The SMILES string of the molecule is CC(=O)SC1CC(=O)N(CC(O)c2ccccc2)C1. The lowest BCUT2D eigenvalue weighted by molar-refractivity contribution is -0.128. The monoisotopic (exact) mass is 279 g/mol. The van der Waals surface area contributed by atoms with Crippen LogP contribution in [0.1, 0.15) is 25.0 Å². The van der Waals surface area contributed by atoms with Crippen molar-refractivity contribution in [1.82, 2.24) is 4.90 Å². The van der Waals surface area contributed by atoms with Crippen molar-refractivity contribution in [3.63, 3.8) is 0 Å². The van der Waals surface area contributed by atoms with Crippen LogP contribution in [0.2, 0.25) is 0 Å². The zero-order valence-corrected chi connectivity index (χ0v) is 11.6. The van der Waals surface area contributed by atoms with Crippen LogP contribution in [0.3, 0.4) is 0 Å². The van der Waals surface area contributed by atoms with Crippen LogP contribution in [-0.2, 0) is 9.59 Å². The van der Waals surface area contributed by atoms with Gasteiger partial charge in [-0.15, -0.1) is 0 Å². The Morgan fingerprint density at radius 2 is 2.16 bits per heavy atom. The minimum atomic E-state index is -0.675. The third-order valence-electron chi connectivity index (χ3n) is 3.09. The van der Waals surface area contributed by atoms with E-state index in [1.165, 1.54) is 18.7 Å². The van der Waals surface area contributed by atoms with Gasteiger partial charge >= 0.3 is 0 Å². The van der Waals surface area contributed by atoms with E-state index in [4.69, 9.17) is 0 Å². The van der Waals surface area contributed by atoms with Gasteiger partial charge in [0.05, 0.1) is 12.6 Å². The summed E-state index contributed by atoms with van der Waals surface area (Å²) in [5.74, 6) is 0.00808. The molecule has 0 bridgehead atoms. The fourth-order valence-corrected chi connectivity index (χ4v) is 3.17. The lowest BCUT2D eigenvalue weighted by Gasteiger charge is -2.20. The van der Waals surface area contributed by atoms with E-state index in [-0.39, 0.29) is 22.8 Å². The quantitative estimate of drug-likeness (QED) is 0.909. The number of likely N-dealkylation sites (tertiary alicyclic amines) is 1. The van der Waals surface area contributed by atoms with Gasteiger partial charge in [-0.25, -0.2) is 0 Å². The first-order valence-corrected chi connectivity index (χ1v) is 7.12. The van der Waals surface area contributed by atoms with Gasteiger partial charge in [0, 0.05) is 25.1 Å². The number of rotatable bonds is 4. The summed E-state index contributed by atoms with van der Waals surface area (Å²) >= 11 is 1.21. The Bertz CT molecular complexity index is 463. The lowest BCUT2D eigenvalue weighted by Crippen LogP contribution is -2.30. The van der Waals surface area contributed by atoms with Crippen molar-refractivity contribution in [2.75, 3.05) is 13.1 Å². The van der Waals surface area contributed by atoms with E-state index in [1.54, 1.807) is 4.90 Å². The Morgan fingerprint density at radius 1 is 1.47 bits per heavy atom. The molecule has 4 nitrogen and oxygen atoms in total. The lowest BCUT2D eigenvalue weighted by atomic mass is 10.1. The van der Waals surface area contributed by atoms with Gasteiger partial charge in [0.2, 0.25) is 5.91 Å². The Hall–Kier alpha value is -1.33. The largest absolute Gasteiger partial charge is 0.387 e. The number of carbonyl (C=O) groups excluding carboxylic acids is 2. The van der Waals surface area contributed by atoms with Crippen LogP contribution in [0.15, 0.2) is 30.3 Å². The van der Waals surface area contributed by atoms with Gasteiger partial charge in [0.1, 0.15) is 0 Å². The van der Waals surface area contributed by atoms with Crippen LogP contribution >= 0.6 is 11.8 Å². The summed E-state index contributed by atoms with van der Waals surface area (Å²) < 4.78 is 0. The summed E-state index contributed by atoms with van der Waals surface area (Å²) in [7, 11) is 0. The second kappa shape index (κ2) is 6.21. The molecule has 1 aromatic rings. The predicted molar refractivity (Wildman–Crippen MR) is 74.7 cm³/mol. The Morgan fingerprint density at radius 3 is 2.79 bits per heavy atom. The van der Waals surface area contributed by atoms with E-state index in [9.17, 15) is 14.7 Å². The first-order valence-electron chi connectivity index (χ1n) is 6.24. The molecule has 1 fully saturated rings. The number of amides is 1. The standard InChI is InChI=1S/C14H17NO3S/c1-10(16)19-12-7-14(18)15(8-12)9-13(17)11-5-3-2-4-6-11/h2-6,12-13,17H,7-9H2,1H3. The molecule has 1 N–H and O–H groups in total. The molecule has 2 unspecified atom stereocenters. The molecule has 2 rings (SSSR count). The molecule has 0 saturated carbocycles. The van der Waals surface area contributed by atoms with E-state index in [0.29, 0.717) is 13.0 Å². The fourth-order valence-electron chi connectivity index (χ4n) is 2.22. The van der Waals surface area contributed by atoms with Crippen molar-refractivity contribution >= 4 is 22.8 Å². The number of nitrogens with zero attached hydrogens (tertiary/aromatic N) is 1. The number of thioether (sulfide) groups is 1. The van der Waals surface area contributed by atoms with Gasteiger partial charge in [-0.2, -0.15) is 0 Å². The van der Waals surface area contributed by atoms with Crippen molar-refractivity contribution in [1.29, 1.82) is 0 Å². The Labute approximate surface area is 116 Å². The summed E-state index contributed by atoms with van der Waals surface area (Å²) in [5.41, 5.74) is 0.804. The highest BCUT2D eigenvalue weighted by Gasteiger charge is 2.32. The minimum absolute atomic E-state index is 0.00808. The van der Waals surface area contributed by atoms with E-state index < -0.39 is 6.10 Å². The molecule has 1 saturated heterocycles.